The van der Waals surface area contributed by atoms with Crippen LogP contribution >= 0.6 is 11.3 Å². The zero-order valence-electron chi connectivity index (χ0n) is 14.2. The number of nitrogens with zero attached hydrogens (tertiary/aromatic N) is 2. The first-order valence-corrected chi connectivity index (χ1v) is 10.1. The maximum atomic E-state index is 12.9. The summed E-state index contributed by atoms with van der Waals surface area (Å²) in [6.45, 7) is 0.665. The number of amides is 1. The van der Waals surface area contributed by atoms with E-state index in [0.717, 1.165) is 5.56 Å². The lowest BCUT2D eigenvalue weighted by atomic mass is 10.2. The van der Waals surface area contributed by atoms with Crippen LogP contribution in [0.15, 0.2) is 46.0 Å². The van der Waals surface area contributed by atoms with Gasteiger partial charge in [0.2, 0.25) is 5.91 Å². The lowest BCUT2D eigenvalue weighted by Gasteiger charge is -2.19. The van der Waals surface area contributed by atoms with Gasteiger partial charge in [-0.3, -0.25) is 4.79 Å². The van der Waals surface area contributed by atoms with Gasteiger partial charge >= 0.3 is 0 Å². The van der Waals surface area contributed by atoms with Gasteiger partial charge < -0.3 is 4.90 Å². The zero-order chi connectivity index (χ0) is 18.4. The number of benzene rings is 1. The summed E-state index contributed by atoms with van der Waals surface area (Å²) >= 11 is 1.17. The highest BCUT2D eigenvalue weighted by molar-refractivity contribution is 7.91. The van der Waals surface area contributed by atoms with Gasteiger partial charge in [-0.2, -0.15) is 0 Å². The average molecular weight is 384 g/mol. The summed E-state index contributed by atoms with van der Waals surface area (Å²) in [6.07, 6.45) is 0.690. The molecule has 0 aliphatic heterocycles. The Balaban J connectivity index is 1.80. The SMILES string of the molecule is CN(Cc1ccc(F)cc1)C(=O)CCCN(C)S(=O)(=O)c1cccs1. The minimum atomic E-state index is -3.48. The van der Waals surface area contributed by atoms with Crippen LogP contribution in [-0.2, 0) is 21.4 Å². The first-order chi connectivity index (χ1) is 11.8. The molecule has 8 heteroatoms. The highest BCUT2D eigenvalue weighted by Crippen LogP contribution is 2.20. The predicted molar refractivity (Wildman–Crippen MR) is 96.2 cm³/mol. The van der Waals surface area contributed by atoms with E-state index in [0.29, 0.717) is 17.2 Å². The maximum Gasteiger partial charge on any atom is 0.252 e. The summed E-state index contributed by atoms with van der Waals surface area (Å²) in [5, 5.41) is 1.72. The second-order valence-electron chi connectivity index (χ2n) is 5.74. The Bertz CT molecular complexity index is 790. The summed E-state index contributed by atoms with van der Waals surface area (Å²) in [7, 11) is -0.281. The fourth-order valence-corrected chi connectivity index (χ4v) is 4.69. The molecule has 2 rings (SSSR count). The molecule has 0 saturated heterocycles. The number of hydrogen-bond donors (Lipinski definition) is 0. The van der Waals surface area contributed by atoms with E-state index in [-0.39, 0.29) is 24.7 Å². The highest BCUT2D eigenvalue weighted by Gasteiger charge is 2.21. The molecule has 1 aromatic carbocycles. The first-order valence-electron chi connectivity index (χ1n) is 7.79. The second kappa shape index (κ2) is 8.55. The van der Waals surface area contributed by atoms with Crippen LogP contribution in [0, 0.1) is 5.82 Å². The molecule has 0 atom stereocenters. The summed E-state index contributed by atoms with van der Waals surface area (Å²) in [5.41, 5.74) is 0.842. The number of hydrogen-bond acceptors (Lipinski definition) is 4. The molecule has 0 aliphatic carbocycles. The van der Waals surface area contributed by atoms with Crippen molar-refractivity contribution in [2.24, 2.45) is 0 Å². The van der Waals surface area contributed by atoms with Crippen LogP contribution in [0.3, 0.4) is 0 Å². The van der Waals surface area contributed by atoms with Crippen LogP contribution in [-0.4, -0.2) is 44.2 Å². The maximum absolute atomic E-state index is 12.9. The minimum absolute atomic E-state index is 0.0775. The van der Waals surface area contributed by atoms with Gasteiger partial charge in [-0.15, -0.1) is 11.3 Å². The first kappa shape index (κ1) is 19.6. The van der Waals surface area contributed by atoms with Gasteiger partial charge in [-0.25, -0.2) is 17.1 Å². The number of halogens is 1. The molecule has 0 spiro atoms. The Morgan fingerprint density at radius 1 is 1.16 bits per heavy atom. The number of carbonyl (C=O) groups excluding carboxylic acids is 1. The molecule has 0 unspecified atom stereocenters. The van der Waals surface area contributed by atoms with Gasteiger partial charge in [0.05, 0.1) is 0 Å². The van der Waals surface area contributed by atoms with Crippen molar-refractivity contribution in [3.63, 3.8) is 0 Å². The molecular weight excluding hydrogens is 363 g/mol. The number of carbonyl (C=O) groups is 1. The molecule has 0 N–H and O–H groups in total. The Morgan fingerprint density at radius 2 is 1.84 bits per heavy atom. The molecule has 0 aliphatic rings. The third-order valence-electron chi connectivity index (χ3n) is 3.78. The van der Waals surface area contributed by atoms with Crippen molar-refractivity contribution in [1.82, 2.24) is 9.21 Å². The minimum Gasteiger partial charge on any atom is -0.341 e. The van der Waals surface area contributed by atoms with Gasteiger partial charge in [0, 0.05) is 33.6 Å². The van der Waals surface area contributed by atoms with Gasteiger partial charge in [0.15, 0.2) is 0 Å². The van der Waals surface area contributed by atoms with E-state index < -0.39 is 10.0 Å². The van der Waals surface area contributed by atoms with Crippen molar-refractivity contribution in [3.05, 3.63) is 53.2 Å². The Kier molecular flexibility index (Phi) is 6.69. The molecule has 0 saturated carbocycles. The molecule has 1 heterocycles. The van der Waals surface area contributed by atoms with Crippen LogP contribution in [0.25, 0.3) is 0 Å². The Morgan fingerprint density at radius 3 is 2.44 bits per heavy atom. The Labute approximate surface area is 151 Å². The smallest absolute Gasteiger partial charge is 0.252 e. The van der Waals surface area contributed by atoms with E-state index in [1.807, 2.05) is 0 Å². The van der Waals surface area contributed by atoms with Crippen LogP contribution < -0.4 is 0 Å². The van der Waals surface area contributed by atoms with Gasteiger partial charge in [-0.05, 0) is 35.6 Å². The summed E-state index contributed by atoms with van der Waals surface area (Å²) in [4.78, 5) is 13.7. The quantitative estimate of drug-likeness (QED) is 0.703. The molecule has 1 amide bonds. The highest BCUT2D eigenvalue weighted by atomic mass is 32.2. The van der Waals surface area contributed by atoms with Crippen molar-refractivity contribution < 1.29 is 17.6 Å². The predicted octanol–water partition coefficient (Wildman–Crippen LogP) is 2.95. The standard InChI is InChI=1S/C17H21FN2O3S2/c1-19(13-14-7-9-15(18)10-8-14)16(21)5-3-11-20(2)25(22,23)17-6-4-12-24-17/h4,6-10,12H,3,5,11,13H2,1-2H3. The number of thiophene rings is 1. The molecule has 0 radical (unpaired) electrons. The van der Waals surface area contributed by atoms with Gasteiger partial charge in [-0.1, -0.05) is 18.2 Å². The monoisotopic (exact) mass is 384 g/mol. The van der Waals surface area contributed by atoms with Gasteiger partial charge in [0.1, 0.15) is 10.0 Å². The summed E-state index contributed by atoms with van der Waals surface area (Å²) in [5.74, 6) is -0.390. The fraction of sp³-hybridized carbons (Fsp3) is 0.353. The molecule has 0 bridgehead atoms. The van der Waals surface area contributed by atoms with Gasteiger partial charge in [0.25, 0.3) is 10.0 Å². The van der Waals surface area contributed by atoms with Crippen molar-refractivity contribution in [3.8, 4) is 0 Å². The number of sulfonamides is 1. The fourth-order valence-electron chi connectivity index (χ4n) is 2.28. The topological polar surface area (TPSA) is 57.7 Å². The van der Waals surface area contributed by atoms with Crippen molar-refractivity contribution in [2.45, 2.75) is 23.6 Å². The van der Waals surface area contributed by atoms with Crippen LogP contribution in [0.2, 0.25) is 0 Å². The van der Waals surface area contributed by atoms with E-state index in [4.69, 9.17) is 0 Å². The average Bonchev–Trinajstić information content (AvgIpc) is 3.12. The second-order valence-corrected chi connectivity index (χ2v) is 8.96. The third-order valence-corrected chi connectivity index (χ3v) is 7.01. The van der Waals surface area contributed by atoms with Crippen molar-refractivity contribution >= 4 is 27.3 Å². The molecular formula is C17H21FN2O3S2. The largest absolute Gasteiger partial charge is 0.341 e. The zero-order valence-corrected chi connectivity index (χ0v) is 15.8. The van der Waals surface area contributed by atoms with Crippen molar-refractivity contribution in [2.75, 3.05) is 20.6 Å². The molecule has 0 fully saturated rings. The molecule has 25 heavy (non-hydrogen) atoms. The lowest BCUT2D eigenvalue weighted by molar-refractivity contribution is -0.130. The Hall–Kier alpha value is -1.77. The van der Waals surface area contributed by atoms with Crippen molar-refractivity contribution in [1.29, 1.82) is 0 Å². The van der Waals surface area contributed by atoms with Crippen LogP contribution in [0.5, 0.6) is 0 Å². The van der Waals surface area contributed by atoms with E-state index in [2.05, 4.69) is 0 Å². The summed E-state index contributed by atoms with van der Waals surface area (Å²) in [6, 6.07) is 9.26. The molecule has 5 nitrogen and oxygen atoms in total. The molecule has 2 aromatic rings. The molecule has 1 aromatic heterocycles. The molecule has 136 valence electrons. The summed E-state index contributed by atoms with van der Waals surface area (Å²) < 4.78 is 39.0. The normalized spacial score (nSPS) is 11.7. The number of rotatable bonds is 8. The lowest BCUT2D eigenvalue weighted by Crippen LogP contribution is -2.30. The van der Waals surface area contributed by atoms with E-state index >= 15 is 0 Å². The van der Waals surface area contributed by atoms with Crippen LogP contribution in [0.1, 0.15) is 18.4 Å². The third kappa shape index (κ3) is 5.35. The van der Waals surface area contributed by atoms with Crippen LogP contribution in [0.4, 0.5) is 4.39 Å². The van der Waals surface area contributed by atoms with E-state index in [1.54, 1.807) is 41.6 Å². The van der Waals surface area contributed by atoms with E-state index in [9.17, 15) is 17.6 Å². The van der Waals surface area contributed by atoms with E-state index in [1.165, 1.54) is 34.8 Å².